The molecule has 1 heterocycles. The van der Waals surface area contributed by atoms with Gasteiger partial charge >= 0.3 is 13.2 Å². The molecule has 0 N–H and O–H groups in total. The predicted molar refractivity (Wildman–Crippen MR) is 120 cm³/mol. The lowest BCUT2D eigenvalue weighted by atomic mass is 9.61. The topological polar surface area (TPSA) is 27.7 Å². The third-order valence-electron chi connectivity index (χ3n) is 8.53. The first-order valence-electron chi connectivity index (χ1n) is 11.4. The summed E-state index contributed by atoms with van der Waals surface area (Å²) >= 11 is 0. The van der Waals surface area contributed by atoms with Crippen LogP contribution in [0.4, 0.5) is 8.78 Å². The smallest absolute Gasteiger partial charge is 0.466 e. The molecule has 32 heavy (non-hydrogen) atoms. The summed E-state index contributed by atoms with van der Waals surface area (Å²) in [4.78, 5) is 0. The summed E-state index contributed by atoms with van der Waals surface area (Å²) in [6.45, 7) is 6.96. The standard InChI is InChI=1S/C26H29BF2O3/c1-24(2)20-14-15-25(24,3)26(19-12-8-5-9-13-19)22(20)31-27(32-26)16-21(23(28)29)30-17-18-10-6-4-7-11-18/h4-13,20,22H,14-17H2,1-3H3. The highest BCUT2D eigenvalue weighted by atomic mass is 19.3. The second-order valence-electron chi connectivity index (χ2n) is 10.1. The molecule has 0 aromatic heterocycles. The van der Waals surface area contributed by atoms with Crippen LogP contribution in [0.15, 0.2) is 72.5 Å². The molecule has 2 aromatic rings. The molecule has 4 unspecified atom stereocenters. The molecule has 0 radical (unpaired) electrons. The van der Waals surface area contributed by atoms with Gasteiger partial charge in [-0.05, 0) is 35.3 Å². The SMILES string of the molecule is CC1(C)C2CCC1(C)C1(c3ccccc3)OB(CC(OCc3ccccc3)=C(F)F)OC21. The average Bonchev–Trinajstić information content (AvgIpc) is 3.33. The Balaban J connectivity index is 1.42. The molecule has 4 atom stereocenters. The van der Waals surface area contributed by atoms with Crippen molar-refractivity contribution in [3.8, 4) is 0 Å². The fourth-order valence-corrected chi connectivity index (χ4v) is 6.53. The van der Waals surface area contributed by atoms with Gasteiger partial charge in [0.25, 0.3) is 0 Å². The highest BCUT2D eigenvalue weighted by Gasteiger charge is 2.78. The van der Waals surface area contributed by atoms with Crippen molar-refractivity contribution >= 4 is 7.12 Å². The first kappa shape index (κ1) is 21.7. The van der Waals surface area contributed by atoms with Crippen LogP contribution < -0.4 is 0 Å². The molecule has 0 spiro atoms. The number of halogens is 2. The molecule has 0 amide bonds. The number of ether oxygens (including phenoxy) is 1. The zero-order valence-electron chi connectivity index (χ0n) is 18.8. The van der Waals surface area contributed by atoms with Gasteiger partial charge in [0.05, 0.1) is 6.10 Å². The van der Waals surface area contributed by atoms with Crippen molar-refractivity contribution < 1.29 is 22.8 Å². The maximum Gasteiger partial charge on any atom is 0.466 e. The summed E-state index contributed by atoms with van der Waals surface area (Å²) < 4.78 is 46.2. The zero-order chi connectivity index (χ0) is 22.6. The van der Waals surface area contributed by atoms with Crippen LogP contribution in [0.3, 0.4) is 0 Å². The summed E-state index contributed by atoms with van der Waals surface area (Å²) in [5.41, 5.74) is 1.12. The summed E-state index contributed by atoms with van der Waals surface area (Å²) in [6.07, 6.45) is -0.0146. The minimum Gasteiger partial charge on any atom is -0.488 e. The number of benzene rings is 2. The fraction of sp³-hybridized carbons (Fsp3) is 0.462. The van der Waals surface area contributed by atoms with Gasteiger partial charge in [0, 0.05) is 11.7 Å². The van der Waals surface area contributed by atoms with Crippen LogP contribution in [0.2, 0.25) is 6.32 Å². The van der Waals surface area contributed by atoms with E-state index in [4.69, 9.17) is 14.0 Å². The van der Waals surface area contributed by atoms with Gasteiger partial charge < -0.3 is 14.0 Å². The van der Waals surface area contributed by atoms with Crippen LogP contribution >= 0.6 is 0 Å². The van der Waals surface area contributed by atoms with E-state index in [1.54, 1.807) is 0 Å². The number of rotatable bonds is 6. The van der Waals surface area contributed by atoms with Crippen molar-refractivity contribution in [1.82, 2.24) is 0 Å². The maximum atomic E-state index is 13.8. The molecule has 2 aromatic carbocycles. The van der Waals surface area contributed by atoms with E-state index in [0.29, 0.717) is 5.92 Å². The van der Waals surface area contributed by atoms with Crippen molar-refractivity contribution in [3.63, 3.8) is 0 Å². The largest absolute Gasteiger partial charge is 0.488 e. The monoisotopic (exact) mass is 438 g/mol. The number of hydrogen-bond acceptors (Lipinski definition) is 3. The van der Waals surface area contributed by atoms with Crippen molar-refractivity contribution in [2.75, 3.05) is 0 Å². The first-order valence-corrected chi connectivity index (χ1v) is 11.4. The Bertz CT molecular complexity index is 1010. The molecule has 5 rings (SSSR count). The molecular formula is C26H29BF2O3. The number of fused-ring (bicyclic) bond motifs is 5. The van der Waals surface area contributed by atoms with Gasteiger partial charge in [0.2, 0.25) is 0 Å². The molecule has 1 aliphatic heterocycles. The molecule has 3 aliphatic rings. The molecule has 168 valence electrons. The maximum absolute atomic E-state index is 13.8. The van der Waals surface area contributed by atoms with E-state index in [-0.39, 0.29) is 35.6 Å². The van der Waals surface area contributed by atoms with Crippen LogP contribution in [0, 0.1) is 16.7 Å². The lowest BCUT2D eigenvalue weighted by Crippen LogP contribution is -2.50. The number of allylic oxidation sites excluding steroid dienone is 1. The lowest BCUT2D eigenvalue weighted by Gasteiger charge is -2.48. The second-order valence-corrected chi connectivity index (χ2v) is 10.1. The van der Waals surface area contributed by atoms with Gasteiger partial charge in [-0.3, -0.25) is 0 Å². The van der Waals surface area contributed by atoms with Crippen molar-refractivity contribution in [2.45, 2.75) is 58.2 Å². The van der Waals surface area contributed by atoms with Gasteiger partial charge in [0.1, 0.15) is 12.2 Å². The van der Waals surface area contributed by atoms with Crippen molar-refractivity contribution in [1.29, 1.82) is 0 Å². The van der Waals surface area contributed by atoms with Crippen LogP contribution in [0.1, 0.15) is 44.7 Å². The van der Waals surface area contributed by atoms with E-state index in [1.165, 1.54) is 0 Å². The van der Waals surface area contributed by atoms with Crippen molar-refractivity contribution in [2.24, 2.45) is 16.7 Å². The van der Waals surface area contributed by atoms with E-state index in [9.17, 15) is 8.78 Å². The highest BCUT2D eigenvalue weighted by Crippen LogP contribution is 2.76. The summed E-state index contributed by atoms with van der Waals surface area (Å²) in [6, 6.07) is 19.5. The Kier molecular flexibility index (Phi) is 5.21. The third kappa shape index (κ3) is 2.99. The van der Waals surface area contributed by atoms with Crippen LogP contribution in [0.25, 0.3) is 0 Å². The zero-order valence-corrected chi connectivity index (χ0v) is 18.8. The van der Waals surface area contributed by atoms with Crippen molar-refractivity contribution in [3.05, 3.63) is 83.6 Å². The third-order valence-corrected chi connectivity index (χ3v) is 8.53. The Morgan fingerprint density at radius 2 is 1.69 bits per heavy atom. The van der Waals surface area contributed by atoms with Gasteiger partial charge in [-0.1, -0.05) is 81.4 Å². The van der Waals surface area contributed by atoms with E-state index in [1.807, 2.05) is 48.5 Å². The second kappa shape index (κ2) is 7.70. The Hall–Kier alpha value is -2.18. The fourth-order valence-electron chi connectivity index (χ4n) is 6.53. The van der Waals surface area contributed by atoms with Gasteiger partial charge in [-0.15, -0.1) is 0 Å². The van der Waals surface area contributed by atoms with Gasteiger partial charge in [0.15, 0.2) is 5.76 Å². The molecule has 1 saturated heterocycles. The Morgan fingerprint density at radius 3 is 2.34 bits per heavy atom. The van der Waals surface area contributed by atoms with E-state index in [2.05, 4.69) is 32.9 Å². The Labute approximate surface area is 188 Å². The molecule has 3 fully saturated rings. The van der Waals surface area contributed by atoms with E-state index < -0.39 is 18.8 Å². The van der Waals surface area contributed by atoms with Crippen LogP contribution in [-0.2, 0) is 26.3 Å². The van der Waals surface area contributed by atoms with E-state index in [0.717, 1.165) is 24.0 Å². The minimum absolute atomic E-state index is 0.0201. The molecule has 2 saturated carbocycles. The molecule has 3 nitrogen and oxygen atoms in total. The quantitative estimate of drug-likeness (QED) is 0.377. The normalized spacial score (nSPS) is 32.1. The summed E-state index contributed by atoms with van der Waals surface area (Å²) in [5, 5.41) is 0. The average molecular weight is 438 g/mol. The summed E-state index contributed by atoms with van der Waals surface area (Å²) in [7, 11) is -0.775. The molecule has 6 heteroatoms. The summed E-state index contributed by atoms with van der Waals surface area (Å²) in [5.74, 6) is -0.0515. The Morgan fingerprint density at radius 1 is 1.03 bits per heavy atom. The molecule has 2 bridgehead atoms. The lowest BCUT2D eigenvalue weighted by molar-refractivity contribution is -0.0805. The first-order chi connectivity index (χ1) is 15.3. The van der Waals surface area contributed by atoms with Gasteiger partial charge in [-0.2, -0.15) is 8.78 Å². The molecular weight excluding hydrogens is 409 g/mol. The van der Waals surface area contributed by atoms with Gasteiger partial charge in [-0.25, -0.2) is 0 Å². The minimum atomic E-state index is -1.83. The molecule has 2 aliphatic carbocycles. The predicted octanol–water partition coefficient (Wildman–Crippen LogP) is 6.57. The van der Waals surface area contributed by atoms with E-state index >= 15 is 0 Å². The van der Waals surface area contributed by atoms with Crippen LogP contribution in [0.5, 0.6) is 0 Å². The highest BCUT2D eigenvalue weighted by molar-refractivity contribution is 6.46. The van der Waals surface area contributed by atoms with Crippen LogP contribution in [-0.4, -0.2) is 13.2 Å². The number of hydrogen-bond donors (Lipinski definition) is 0.